The lowest BCUT2D eigenvalue weighted by atomic mass is 10.0. The van der Waals surface area contributed by atoms with Crippen molar-refractivity contribution in [3.63, 3.8) is 0 Å². The number of halogens is 1. The molecule has 0 spiro atoms. The number of hydrogen-bond donors (Lipinski definition) is 1. The molecular formula is C12H11BrOS. The highest BCUT2D eigenvalue weighted by atomic mass is 79.9. The van der Waals surface area contributed by atoms with Gasteiger partial charge in [0.05, 0.1) is 6.10 Å². The molecule has 0 aliphatic rings. The highest BCUT2D eigenvalue weighted by molar-refractivity contribution is 9.10. The number of aliphatic hydroxyl groups is 1. The van der Waals surface area contributed by atoms with Crippen molar-refractivity contribution in [3.05, 3.63) is 56.7 Å². The molecule has 1 atom stereocenters. The Bertz CT molecular complexity index is 425. The zero-order valence-corrected chi connectivity index (χ0v) is 10.5. The Balaban J connectivity index is 2.09. The summed E-state index contributed by atoms with van der Waals surface area (Å²) in [5.41, 5.74) is 2.14. The number of hydrogen-bond acceptors (Lipinski definition) is 2. The van der Waals surface area contributed by atoms with E-state index >= 15 is 0 Å². The summed E-state index contributed by atoms with van der Waals surface area (Å²) in [4.78, 5) is 0. The number of rotatable bonds is 3. The molecule has 0 amide bonds. The van der Waals surface area contributed by atoms with Crippen LogP contribution in [0.1, 0.15) is 17.2 Å². The van der Waals surface area contributed by atoms with Crippen molar-refractivity contribution in [2.75, 3.05) is 0 Å². The number of benzene rings is 1. The first kappa shape index (κ1) is 10.9. The zero-order valence-electron chi connectivity index (χ0n) is 8.06. The Morgan fingerprint density at radius 3 is 2.87 bits per heavy atom. The van der Waals surface area contributed by atoms with Crippen molar-refractivity contribution in [2.24, 2.45) is 0 Å². The normalized spacial score (nSPS) is 12.7. The minimum atomic E-state index is -0.398. The maximum absolute atomic E-state index is 9.95. The molecule has 1 N–H and O–H groups in total. The predicted molar refractivity (Wildman–Crippen MR) is 67.1 cm³/mol. The first-order valence-corrected chi connectivity index (χ1v) is 6.44. The van der Waals surface area contributed by atoms with Crippen LogP contribution in [0.15, 0.2) is 45.6 Å². The summed E-state index contributed by atoms with van der Waals surface area (Å²) in [7, 11) is 0. The van der Waals surface area contributed by atoms with Crippen molar-refractivity contribution in [1.82, 2.24) is 0 Å². The Kier molecular flexibility index (Phi) is 3.57. The van der Waals surface area contributed by atoms with Crippen LogP contribution in [0.5, 0.6) is 0 Å². The van der Waals surface area contributed by atoms with Crippen molar-refractivity contribution < 1.29 is 5.11 Å². The van der Waals surface area contributed by atoms with Gasteiger partial charge in [-0.15, -0.1) is 0 Å². The van der Waals surface area contributed by atoms with Crippen LogP contribution in [0.2, 0.25) is 0 Å². The summed E-state index contributed by atoms with van der Waals surface area (Å²) in [6, 6.07) is 10.0. The van der Waals surface area contributed by atoms with E-state index in [4.69, 9.17) is 0 Å². The van der Waals surface area contributed by atoms with E-state index in [9.17, 15) is 5.11 Å². The lowest BCUT2D eigenvalue weighted by Crippen LogP contribution is -1.99. The molecule has 0 saturated heterocycles. The third-order valence-corrected chi connectivity index (χ3v) is 3.44. The van der Waals surface area contributed by atoms with Gasteiger partial charge in [-0.05, 0) is 40.1 Å². The maximum Gasteiger partial charge on any atom is 0.0838 e. The molecule has 0 saturated carbocycles. The van der Waals surface area contributed by atoms with Gasteiger partial charge in [-0.25, -0.2) is 0 Å². The fraction of sp³-hybridized carbons (Fsp3) is 0.167. The summed E-state index contributed by atoms with van der Waals surface area (Å²) >= 11 is 5.03. The molecular weight excluding hydrogens is 272 g/mol. The van der Waals surface area contributed by atoms with Crippen LogP contribution in [-0.4, -0.2) is 5.11 Å². The van der Waals surface area contributed by atoms with Crippen molar-refractivity contribution in [1.29, 1.82) is 0 Å². The molecule has 0 aliphatic heterocycles. The minimum Gasteiger partial charge on any atom is -0.388 e. The molecule has 1 heterocycles. The van der Waals surface area contributed by atoms with Crippen LogP contribution in [0.4, 0.5) is 0 Å². The largest absolute Gasteiger partial charge is 0.388 e. The molecule has 2 rings (SSSR count). The average molecular weight is 283 g/mol. The van der Waals surface area contributed by atoms with Crippen LogP contribution >= 0.6 is 27.3 Å². The Labute approximate surface area is 102 Å². The summed E-state index contributed by atoms with van der Waals surface area (Å²) in [5, 5.41) is 13.9. The molecule has 0 bridgehead atoms. The van der Waals surface area contributed by atoms with E-state index in [2.05, 4.69) is 15.9 Å². The molecule has 3 heteroatoms. The molecule has 0 aliphatic carbocycles. The molecule has 0 fully saturated rings. The van der Waals surface area contributed by atoms with Crippen LogP contribution in [-0.2, 0) is 6.42 Å². The third-order valence-electron chi connectivity index (χ3n) is 2.25. The van der Waals surface area contributed by atoms with Crippen LogP contribution < -0.4 is 0 Å². The summed E-state index contributed by atoms with van der Waals surface area (Å²) in [6.45, 7) is 0. The van der Waals surface area contributed by atoms with Gasteiger partial charge in [-0.2, -0.15) is 11.3 Å². The predicted octanol–water partition coefficient (Wildman–Crippen LogP) is 3.79. The smallest absolute Gasteiger partial charge is 0.0838 e. The van der Waals surface area contributed by atoms with Gasteiger partial charge in [-0.3, -0.25) is 0 Å². The van der Waals surface area contributed by atoms with Gasteiger partial charge in [-0.1, -0.05) is 28.1 Å². The summed E-state index contributed by atoms with van der Waals surface area (Å²) in [6.07, 6.45) is 0.265. The second-order valence-corrected chi connectivity index (χ2v) is 5.10. The lowest BCUT2D eigenvalue weighted by molar-refractivity contribution is 0.179. The molecule has 1 unspecified atom stereocenters. The van der Waals surface area contributed by atoms with Crippen LogP contribution in [0, 0.1) is 0 Å². The molecule has 1 aromatic carbocycles. The SMILES string of the molecule is OC(Cc1cccc(Br)c1)c1ccsc1. The monoisotopic (exact) mass is 282 g/mol. The van der Waals surface area contributed by atoms with Gasteiger partial charge < -0.3 is 5.11 Å². The Morgan fingerprint density at radius 1 is 1.33 bits per heavy atom. The highest BCUT2D eigenvalue weighted by Gasteiger charge is 2.08. The van der Waals surface area contributed by atoms with Crippen molar-refractivity contribution in [3.8, 4) is 0 Å². The average Bonchev–Trinajstić information content (AvgIpc) is 2.70. The molecule has 0 radical (unpaired) electrons. The molecule has 1 nitrogen and oxygen atoms in total. The van der Waals surface area contributed by atoms with Gasteiger partial charge in [0, 0.05) is 10.9 Å². The molecule has 15 heavy (non-hydrogen) atoms. The second kappa shape index (κ2) is 4.92. The standard InChI is InChI=1S/C12H11BrOS/c13-11-3-1-2-9(6-11)7-12(14)10-4-5-15-8-10/h1-6,8,12,14H,7H2. The van der Waals surface area contributed by atoms with Gasteiger partial charge in [0.1, 0.15) is 0 Å². The zero-order chi connectivity index (χ0) is 10.7. The highest BCUT2D eigenvalue weighted by Crippen LogP contribution is 2.22. The lowest BCUT2D eigenvalue weighted by Gasteiger charge is -2.08. The summed E-state index contributed by atoms with van der Waals surface area (Å²) < 4.78 is 1.05. The Morgan fingerprint density at radius 2 is 2.20 bits per heavy atom. The summed E-state index contributed by atoms with van der Waals surface area (Å²) in [5.74, 6) is 0. The molecule has 2 aromatic rings. The van der Waals surface area contributed by atoms with Gasteiger partial charge in [0.2, 0.25) is 0 Å². The van der Waals surface area contributed by atoms with E-state index in [0.29, 0.717) is 6.42 Å². The fourth-order valence-corrected chi connectivity index (χ4v) is 2.62. The molecule has 1 aromatic heterocycles. The van der Waals surface area contributed by atoms with Crippen molar-refractivity contribution in [2.45, 2.75) is 12.5 Å². The van der Waals surface area contributed by atoms with Gasteiger partial charge in [0.25, 0.3) is 0 Å². The van der Waals surface area contributed by atoms with Crippen LogP contribution in [0.25, 0.3) is 0 Å². The number of aliphatic hydroxyl groups excluding tert-OH is 1. The number of thiophene rings is 1. The topological polar surface area (TPSA) is 20.2 Å². The van der Waals surface area contributed by atoms with E-state index < -0.39 is 6.10 Å². The third kappa shape index (κ3) is 2.91. The van der Waals surface area contributed by atoms with Crippen LogP contribution in [0.3, 0.4) is 0 Å². The fourth-order valence-electron chi connectivity index (χ4n) is 1.47. The Hall–Kier alpha value is -0.640. The molecule has 78 valence electrons. The second-order valence-electron chi connectivity index (χ2n) is 3.41. The minimum absolute atomic E-state index is 0.398. The van der Waals surface area contributed by atoms with Gasteiger partial charge in [0.15, 0.2) is 0 Å². The van der Waals surface area contributed by atoms with E-state index in [-0.39, 0.29) is 0 Å². The van der Waals surface area contributed by atoms with Crippen molar-refractivity contribution >= 4 is 27.3 Å². The first-order valence-electron chi connectivity index (χ1n) is 4.70. The van der Waals surface area contributed by atoms with E-state index in [1.165, 1.54) is 0 Å². The van der Waals surface area contributed by atoms with E-state index in [1.54, 1.807) is 11.3 Å². The maximum atomic E-state index is 9.95. The van der Waals surface area contributed by atoms with E-state index in [1.807, 2.05) is 41.1 Å². The quantitative estimate of drug-likeness (QED) is 0.908. The van der Waals surface area contributed by atoms with E-state index in [0.717, 1.165) is 15.6 Å². The first-order chi connectivity index (χ1) is 7.25. The van der Waals surface area contributed by atoms with Gasteiger partial charge >= 0.3 is 0 Å².